The van der Waals surface area contributed by atoms with Crippen LogP contribution in [0.5, 0.6) is 0 Å². The smallest absolute Gasteiger partial charge is 0.0714 e. The van der Waals surface area contributed by atoms with Crippen LogP contribution in [0.4, 0.5) is 17.1 Å². The second-order valence-corrected chi connectivity index (χ2v) is 19.3. The summed E-state index contributed by atoms with van der Waals surface area (Å²) in [5, 5.41) is 0. The third kappa shape index (κ3) is 6.11. The highest BCUT2D eigenvalue weighted by Crippen LogP contribution is 2.59. The Kier molecular flexibility index (Phi) is 9.24. The van der Waals surface area contributed by atoms with Crippen LogP contribution in [0.3, 0.4) is 0 Å². The van der Waals surface area contributed by atoms with Gasteiger partial charge in [0.15, 0.2) is 0 Å². The zero-order chi connectivity index (χ0) is 42.1. The van der Waals surface area contributed by atoms with Gasteiger partial charge in [-0.25, -0.2) is 0 Å². The Labute approximate surface area is 368 Å². The van der Waals surface area contributed by atoms with E-state index in [1.807, 2.05) is 0 Å². The first-order chi connectivity index (χ1) is 30.2. The van der Waals surface area contributed by atoms with Crippen molar-refractivity contribution in [3.8, 4) is 33.4 Å². The van der Waals surface area contributed by atoms with Crippen molar-refractivity contribution in [1.82, 2.24) is 0 Å². The summed E-state index contributed by atoms with van der Waals surface area (Å²) in [6.45, 7) is 9.77. The molecular formula is C61H55N. The van der Waals surface area contributed by atoms with E-state index < -0.39 is 5.41 Å². The molecule has 0 bridgehead atoms. The lowest BCUT2D eigenvalue weighted by Gasteiger charge is -2.42. The molecule has 0 radical (unpaired) electrons. The standard InChI is InChI=1S/C61H55N/c1-59(2)37-38-60(3,4)57-39-48(35-36-55(57)59)62(47-33-31-43(32-34-47)42-19-8-5-9-20-42)58-41-56-52(40-53(58)50-29-18-22-44-21-14-15-27-49(44)50)51-28-16-17-30-54(51)61(56,45-23-10-6-11-24-45)46-25-12-7-13-26-46/h5-13,16-20,22-26,28-36,39-41H,14-15,21,27,37-38H2,1-4H3. The minimum atomic E-state index is -0.525. The quantitative estimate of drug-likeness (QED) is 0.155. The van der Waals surface area contributed by atoms with E-state index in [1.165, 1.54) is 109 Å². The van der Waals surface area contributed by atoms with Crippen molar-refractivity contribution in [2.45, 2.75) is 82.5 Å². The van der Waals surface area contributed by atoms with Crippen LogP contribution in [-0.2, 0) is 29.1 Å². The maximum absolute atomic E-state index is 2.61. The summed E-state index contributed by atoms with van der Waals surface area (Å²) in [6.07, 6.45) is 7.06. The molecule has 8 aromatic carbocycles. The van der Waals surface area contributed by atoms with Crippen molar-refractivity contribution >= 4 is 17.1 Å². The highest BCUT2D eigenvalue weighted by Gasteiger charge is 2.47. The summed E-state index contributed by atoms with van der Waals surface area (Å²) in [5.41, 5.74) is 22.1. The van der Waals surface area contributed by atoms with Crippen molar-refractivity contribution in [2.24, 2.45) is 0 Å². The molecule has 0 atom stereocenters. The molecule has 0 N–H and O–H groups in total. The van der Waals surface area contributed by atoms with Gasteiger partial charge in [-0.3, -0.25) is 0 Å². The minimum Gasteiger partial charge on any atom is -0.310 e. The third-order valence-corrected chi connectivity index (χ3v) is 14.8. The average molecular weight is 802 g/mol. The van der Waals surface area contributed by atoms with Gasteiger partial charge in [-0.15, -0.1) is 0 Å². The molecule has 11 rings (SSSR count). The molecule has 0 heterocycles. The van der Waals surface area contributed by atoms with Gasteiger partial charge in [-0.2, -0.15) is 0 Å². The largest absolute Gasteiger partial charge is 0.310 e. The Bertz CT molecular complexity index is 2900. The molecule has 0 fully saturated rings. The van der Waals surface area contributed by atoms with E-state index in [-0.39, 0.29) is 10.8 Å². The molecule has 0 aromatic heterocycles. The molecular weight excluding hydrogens is 747 g/mol. The monoisotopic (exact) mass is 801 g/mol. The first-order valence-corrected chi connectivity index (χ1v) is 22.9. The molecule has 0 spiro atoms. The number of fused-ring (bicyclic) bond motifs is 5. The molecule has 3 aliphatic carbocycles. The number of anilines is 3. The highest BCUT2D eigenvalue weighted by molar-refractivity contribution is 5.97. The van der Waals surface area contributed by atoms with Crippen molar-refractivity contribution < 1.29 is 0 Å². The van der Waals surface area contributed by atoms with E-state index in [2.05, 4.69) is 221 Å². The minimum absolute atomic E-state index is 0.0559. The Hall–Kier alpha value is -6.44. The first kappa shape index (κ1) is 38.5. The van der Waals surface area contributed by atoms with Crippen LogP contribution in [-0.4, -0.2) is 0 Å². The number of rotatable bonds is 7. The number of nitrogens with zero attached hydrogens (tertiary/aromatic N) is 1. The SMILES string of the molecule is CC1(C)CCC(C)(C)c2cc(N(c3ccc(-c4ccccc4)cc3)c3cc4c(cc3-c3cccc5c3CCCC5)-c3ccccc3C4(c3ccccc3)c3ccccc3)ccc21. The maximum atomic E-state index is 2.61. The van der Waals surface area contributed by atoms with E-state index in [9.17, 15) is 0 Å². The second-order valence-electron chi connectivity index (χ2n) is 19.3. The van der Waals surface area contributed by atoms with Gasteiger partial charge in [-0.1, -0.05) is 179 Å². The lowest BCUT2D eigenvalue weighted by Crippen LogP contribution is -2.34. The fourth-order valence-electron chi connectivity index (χ4n) is 11.5. The molecule has 0 saturated heterocycles. The van der Waals surface area contributed by atoms with Gasteiger partial charge in [0.1, 0.15) is 0 Å². The van der Waals surface area contributed by atoms with E-state index in [4.69, 9.17) is 0 Å². The number of aryl methyl sites for hydroxylation is 1. The van der Waals surface area contributed by atoms with Gasteiger partial charge in [0.05, 0.1) is 11.1 Å². The predicted molar refractivity (Wildman–Crippen MR) is 261 cm³/mol. The third-order valence-electron chi connectivity index (χ3n) is 14.8. The Morgan fingerprint density at radius 3 is 1.68 bits per heavy atom. The molecule has 62 heavy (non-hydrogen) atoms. The van der Waals surface area contributed by atoms with Crippen molar-refractivity contribution in [2.75, 3.05) is 4.90 Å². The van der Waals surface area contributed by atoms with Crippen molar-refractivity contribution in [3.05, 3.63) is 233 Å². The Morgan fingerprint density at radius 2 is 0.968 bits per heavy atom. The molecule has 0 saturated carbocycles. The summed E-state index contributed by atoms with van der Waals surface area (Å²) in [6, 6.07) is 71.5. The first-order valence-electron chi connectivity index (χ1n) is 22.9. The normalized spacial score (nSPS) is 16.4. The average Bonchev–Trinajstić information content (AvgIpc) is 3.61. The van der Waals surface area contributed by atoms with Crippen LogP contribution in [0.2, 0.25) is 0 Å². The Balaban J connectivity index is 1.26. The number of hydrogen-bond acceptors (Lipinski definition) is 1. The number of hydrogen-bond donors (Lipinski definition) is 0. The van der Waals surface area contributed by atoms with Crippen LogP contribution >= 0.6 is 0 Å². The van der Waals surface area contributed by atoms with Crippen LogP contribution in [0.15, 0.2) is 188 Å². The molecule has 0 amide bonds. The molecule has 304 valence electrons. The molecule has 0 aliphatic heterocycles. The van der Waals surface area contributed by atoms with Crippen LogP contribution in [0.25, 0.3) is 33.4 Å². The van der Waals surface area contributed by atoms with Gasteiger partial charge < -0.3 is 4.90 Å². The van der Waals surface area contributed by atoms with Crippen LogP contribution < -0.4 is 4.90 Å². The van der Waals surface area contributed by atoms with Gasteiger partial charge in [0.25, 0.3) is 0 Å². The summed E-state index contributed by atoms with van der Waals surface area (Å²) >= 11 is 0. The molecule has 8 aromatic rings. The topological polar surface area (TPSA) is 3.24 Å². The molecule has 1 heteroatoms. The summed E-state index contributed by atoms with van der Waals surface area (Å²) < 4.78 is 0. The summed E-state index contributed by atoms with van der Waals surface area (Å²) in [5.74, 6) is 0. The predicted octanol–water partition coefficient (Wildman–Crippen LogP) is 16.1. The van der Waals surface area contributed by atoms with E-state index in [0.717, 1.165) is 24.9 Å². The fourth-order valence-corrected chi connectivity index (χ4v) is 11.5. The molecule has 1 nitrogen and oxygen atoms in total. The van der Waals surface area contributed by atoms with Gasteiger partial charge >= 0.3 is 0 Å². The van der Waals surface area contributed by atoms with Gasteiger partial charge in [-0.05, 0) is 158 Å². The van der Waals surface area contributed by atoms with Crippen molar-refractivity contribution in [3.63, 3.8) is 0 Å². The molecule has 3 aliphatic rings. The van der Waals surface area contributed by atoms with E-state index >= 15 is 0 Å². The maximum Gasteiger partial charge on any atom is 0.0714 e. The zero-order valence-electron chi connectivity index (χ0n) is 36.6. The van der Waals surface area contributed by atoms with Gasteiger partial charge in [0.2, 0.25) is 0 Å². The zero-order valence-corrected chi connectivity index (χ0v) is 36.6. The summed E-state index contributed by atoms with van der Waals surface area (Å²) in [4.78, 5) is 2.61. The lowest BCUT2D eigenvalue weighted by atomic mass is 9.63. The number of benzene rings is 8. The van der Waals surface area contributed by atoms with Crippen molar-refractivity contribution in [1.29, 1.82) is 0 Å². The summed E-state index contributed by atoms with van der Waals surface area (Å²) in [7, 11) is 0. The van der Waals surface area contributed by atoms with E-state index in [1.54, 1.807) is 0 Å². The Morgan fingerprint density at radius 1 is 0.387 bits per heavy atom. The van der Waals surface area contributed by atoms with Crippen LogP contribution in [0.1, 0.15) is 97.9 Å². The van der Waals surface area contributed by atoms with Crippen LogP contribution in [0, 0.1) is 0 Å². The second kappa shape index (κ2) is 14.9. The van der Waals surface area contributed by atoms with Gasteiger partial charge in [0, 0.05) is 16.9 Å². The fraction of sp³-hybridized carbons (Fsp3) is 0.213. The molecule has 0 unspecified atom stereocenters. The highest BCUT2D eigenvalue weighted by atomic mass is 15.1. The van der Waals surface area contributed by atoms with E-state index in [0.29, 0.717) is 0 Å². The lowest BCUT2D eigenvalue weighted by molar-refractivity contribution is 0.332.